The fraction of sp³-hybridized carbons (Fsp3) is 0.945. The molecule has 0 aliphatic carbocycles. The number of esters is 3. The number of unbranched alkanes of at least 4 members (excludes halogenated alkanes) is 34. The van der Waals surface area contributed by atoms with Crippen molar-refractivity contribution in [2.24, 2.45) is 11.8 Å². The summed E-state index contributed by atoms with van der Waals surface area (Å²) < 4.78 is 16.8. The monoisotopic (exact) mass is 863 g/mol. The summed E-state index contributed by atoms with van der Waals surface area (Å²) in [6.45, 7) is 11.4. The predicted molar refractivity (Wildman–Crippen MR) is 261 cm³/mol. The Bertz CT molecular complexity index is 931. The van der Waals surface area contributed by atoms with Gasteiger partial charge < -0.3 is 14.2 Å². The van der Waals surface area contributed by atoms with Gasteiger partial charge in [0.2, 0.25) is 0 Å². The second-order valence-electron chi connectivity index (χ2n) is 19.8. The van der Waals surface area contributed by atoms with E-state index in [2.05, 4.69) is 34.6 Å². The summed E-state index contributed by atoms with van der Waals surface area (Å²) in [7, 11) is 0. The highest BCUT2D eigenvalue weighted by Gasteiger charge is 2.19. The van der Waals surface area contributed by atoms with Crippen LogP contribution in [0.4, 0.5) is 0 Å². The largest absolute Gasteiger partial charge is 0.462 e. The maximum atomic E-state index is 12.8. The quantitative estimate of drug-likeness (QED) is 0.0344. The number of carbonyl (C=O) groups excluding carboxylic acids is 3. The van der Waals surface area contributed by atoms with Crippen LogP contribution in [0.2, 0.25) is 0 Å². The van der Waals surface area contributed by atoms with Crippen molar-refractivity contribution in [3.63, 3.8) is 0 Å². The zero-order valence-corrected chi connectivity index (χ0v) is 41.8. The van der Waals surface area contributed by atoms with E-state index in [4.69, 9.17) is 14.2 Å². The van der Waals surface area contributed by atoms with E-state index in [0.717, 1.165) is 69.6 Å². The molecule has 0 aliphatic rings. The lowest BCUT2D eigenvalue weighted by molar-refractivity contribution is -0.167. The fourth-order valence-corrected chi connectivity index (χ4v) is 8.34. The first-order valence-electron chi connectivity index (χ1n) is 27.2. The number of hydrogen-bond donors (Lipinski definition) is 0. The standard InChI is InChI=1S/C55H106O6/c1-6-7-8-9-10-11-25-30-35-40-45-53(56)59-48-52(49-60-54(57)46-41-36-31-26-21-18-17-20-24-29-34-39-44-51(4)5)61-55(58)47-42-37-32-27-22-16-14-12-13-15-19-23-28-33-38-43-50(2)3/h50-52H,6-49H2,1-5H3/t52-/m1/s1. The average molecular weight is 863 g/mol. The number of carbonyl (C=O) groups is 3. The SMILES string of the molecule is CCCCCCCCCCCCC(=O)OC[C@H](COC(=O)CCCCCCCCCCCCCCC(C)C)OC(=O)CCCCCCCCCCCCCCCCCC(C)C. The van der Waals surface area contributed by atoms with E-state index in [-0.39, 0.29) is 31.1 Å². The van der Waals surface area contributed by atoms with Gasteiger partial charge >= 0.3 is 17.9 Å². The van der Waals surface area contributed by atoms with E-state index in [9.17, 15) is 14.4 Å². The molecule has 0 N–H and O–H groups in total. The van der Waals surface area contributed by atoms with Gasteiger partial charge in [0, 0.05) is 19.3 Å². The molecule has 0 radical (unpaired) electrons. The highest BCUT2D eigenvalue weighted by Crippen LogP contribution is 2.18. The van der Waals surface area contributed by atoms with Crippen molar-refractivity contribution in [3.05, 3.63) is 0 Å². The van der Waals surface area contributed by atoms with Crippen molar-refractivity contribution in [2.45, 2.75) is 310 Å². The smallest absolute Gasteiger partial charge is 0.306 e. The Kier molecular flexibility index (Phi) is 46.6. The first kappa shape index (κ1) is 59.4. The summed E-state index contributed by atoms with van der Waals surface area (Å²) in [5, 5.41) is 0. The molecule has 0 saturated carbocycles. The van der Waals surface area contributed by atoms with Crippen LogP contribution in [0.25, 0.3) is 0 Å². The lowest BCUT2D eigenvalue weighted by Crippen LogP contribution is -2.30. The van der Waals surface area contributed by atoms with Gasteiger partial charge in [0.25, 0.3) is 0 Å². The van der Waals surface area contributed by atoms with Crippen LogP contribution in [0.3, 0.4) is 0 Å². The summed E-state index contributed by atoms with van der Waals surface area (Å²) >= 11 is 0. The summed E-state index contributed by atoms with van der Waals surface area (Å²) in [5.41, 5.74) is 0. The molecule has 0 aromatic carbocycles. The lowest BCUT2D eigenvalue weighted by Gasteiger charge is -2.18. The zero-order chi connectivity index (χ0) is 44.7. The molecule has 0 spiro atoms. The topological polar surface area (TPSA) is 78.9 Å². The Hall–Kier alpha value is -1.59. The molecule has 0 heterocycles. The van der Waals surface area contributed by atoms with Gasteiger partial charge in [-0.2, -0.15) is 0 Å². The maximum absolute atomic E-state index is 12.8. The Labute approximate surface area is 380 Å². The van der Waals surface area contributed by atoms with Gasteiger partial charge in [-0.15, -0.1) is 0 Å². The van der Waals surface area contributed by atoms with Gasteiger partial charge in [0.05, 0.1) is 0 Å². The third-order valence-corrected chi connectivity index (χ3v) is 12.5. The lowest BCUT2D eigenvalue weighted by atomic mass is 10.0. The first-order valence-corrected chi connectivity index (χ1v) is 27.2. The van der Waals surface area contributed by atoms with Gasteiger partial charge in [0.1, 0.15) is 13.2 Å². The molecular formula is C55H106O6. The molecule has 0 saturated heterocycles. The zero-order valence-electron chi connectivity index (χ0n) is 41.8. The van der Waals surface area contributed by atoms with E-state index in [1.165, 1.54) is 193 Å². The molecule has 61 heavy (non-hydrogen) atoms. The molecular weight excluding hydrogens is 757 g/mol. The maximum Gasteiger partial charge on any atom is 0.306 e. The normalized spacial score (nSPS) is 12.0. The van der Waals surface area contributed by atoms with Gasteiger partial charge in [-0.1, -0.05) is 266 Å². The summed E-state index contributed by atoms with van der Waals surface area (Å²) in [6.07, 6.45) is 49.5. The molecule has 0 aromatic rings. The van der Waals surface area contributed by atoms with Gasteiger partial charge in [-0.05, 0) is 31.1 Å². The highest BCUT2D eigenvalue weighted by atomic mass is 16.6. The molecule has 362 valence electrons. The van der Waals surface area contributed by atoms with E-state index in [1.807, 2.05) is 0 Å². The van der Waals surface area contributed by atoms with Gasteiger partial charge in [-0.25, -0.2) is 0 Å². The highest BCUT2D eigenvalue weighted by molar-refractivity contribution is 5.71. The van der Waals surface area contributed by atoms with Crippen molar-refractivity contribution >= 4 is 17.9 Å². The van der Waals surface area contributed by atoms with Crippen molar-refractivity contribution in [1.82, 2.24) is 0 Å². The Balaban J connectivity index is 4.26. The Morgan fingerprint density at radius 2 is 0.541 bits per heavy atom. The molecule has 0 aromatic heterocycles. The third-order valence-electron chi connectivity index (χ3n) is 12.5. The fourth-order valence-electron chi connectivity index (χ4n) is 8.34. The molecule has 1 atom stereocenters. The second kappa shape index (κ2) is 47.9. The van der Waals surface area contributed by atoms with E-state index in [1.54, 1.807) is 0 Å². The van der Waals surface area contributed by atoms with Crippen LogP contribution < -0.4 is 0 Å². The van der Waals surface area contributed by atoms with Crippen molar-refractivity contribution in [1.29, 1.82) is 0 Å². The number of hydrogen-bond acceptors (Lipinski definition) is 6. The second-order valence-corrected chi connectivity index (χ2v) is 19.8. The van der Waals surface area contributed by atoms with Crippen molar-refractivity contribution in [2.75, 3.05) is 13.2 Å². The van der Waals surface area contributed by atoms with Gasteiger partial charge in [0.15, 0.2) is 6.10 Å². The predicted octanol–water partition coefficient (Wildman–Crippen LogP) is 17.7. The number of ether oxygens (including phenoxy) is 3. The van der Waals surface area contributed by atoms with E-state index in [0.29, 0.717) is 19.3 Å². The average Bonchev–Trinajstić information content (AvgIpc) is 3.23. The molecule has 6 heteroatoms. The number of rotatable bonds is 49. The van der Waals surface area contributed by atoms with Crippen molar-refractivity contribution in [3.8, 4) is 0 Å². The van der Waals surface area contributed by atoms with Crippen LogP contribution in [0.1, 0.15) is 304 Å². The molecule has 6 nitrogen and oxygen atoms in total. The third kappa shape index (κ3) is 49.3. The minimum absolute atomic E-state index is 0.0632. The van der Waals surface area contributed by atoms with E-state index < -0.39 is 6.10 Å². The van der Waals surface area contributed by atoms with Crippen LogP contribution in [0.5, 0.6) is 0 Å². The molecule has 0 amide bonds. The molecule has 0 rings (SSSR count). The Morgan fingerprint density at radius 1 is 0.311 bits per heavy atom. The summed E-state index contributed by atoms with van der Waals surface area (Å²) in [5.74, 6) is 0.837. The summed E-state index contributed by atoms with van der Waals surface area (Å²) in [4.78, 5) is 38.0. The van der Waals surface area contributed by atoms with Crippen LogP contribution in [-0.2, 0) is 28.6 Å². The minimum atomic E-state index is -0.761. The molecule has 0 fully saturated rings. The van der Waals surface area contributed by atoms with Gasteiger partial charge in [-0.3, -0.25) is 14.4 Å². The molecule has 0 unspecified atom stereocenters. The van der Waals surface area contributed by atoms with Crippen LogP contribution in [0.15, 0.2) is 0 Å². The van der Waals surface area contributed by atoms with E-state index >= 15 is 0 Å². The summed E-state index contributed by atoms with van der Waals surface area (Å²) in [6, 6.07) is 0. The molecule has 0 aliphatic heterocycles. The molecule has 0 bridgehead atoms. The van der Waals surface area contributed by atoms with Crippen LogP contribution in [-0.4, -0.2) is 37.2 Å². The first-order chi connectivity index (χ1) is 29.7. The van der Waals surface area contributed by atoms with Crippen LogP contribution in [0, 0.1) is 11.8 Å². The minimum Gasteiger partial charge on any atom is -0.462 e. The van der Waals surface area contributed by atoms with Crippen LogP contribution >= 0.6 is 0 Å². The van der Waals surface area contributed by atoms with Crippen molar-refractivity contribution < 1.29 is 28.6 Å². The Morgan fingerprint density at radius 3 is 0.803 bits per heavy atom.